The van der Waals surface area contributed by atoms with Gasteiger partial charge in [-0.25, -0.2) is 9.97 Å². The van der Waals surface area contributed by atoms with Gasteiger partial charge in [0.05, 0.1) is 30.1 Å². The number of aliphatic hydroxyl groups is 2. The number of imidazole rings is 1. The molecular weight excluding hydrogens is 402 g/mol. The van der Waals surface area contributed by atoms with Gasteiger partial charge in [0.2, 0.25) is 5.91 Å². The van der Waals surface area contributed by atoms with E-state index in [4.69, 9.17) is 0 Å². The third-order valence-electron chi connectivity index (χ3n) is 5.61. The number of amides is 1. The third kappa shape index (κ3) is 3.92. The van der Waals surface area contributed by atoms with E-state index in [1.165, 1.54) is 4.88 Å². The molecule has 0 aromatic carbocycles. The number of thiophene rings is 1. The van der Waals surface area contributed by atoms with E-state index >= 15 is 0 Å². The molecule has 1 fully saturated rings. The maximum Gasteiger partial charge on any atom is 0.225 e. The van der Waals surface area contributed by atoms with Crippen LogP contribution in [0.1, 0.15) is 31.2 Å². The highest BCUT2D eigenvalue weighted by atomic mass is 32.1. The van der Waals surface area contributed by atoms with Gasteiger partial charge in [0.25, 0.3) is 0 Å². The second-order valence-corrected chi connectivity index (χ2v) is 8.83. The summed E-state index contributed by atoms with van der Waals surface area (Å²) in [5.41, 5.74) is 2.11. The van der Waals surface area contributed by atoms with E-state index in [0.29, 0.717) is 17.7 Å². The summed E-state index contributed by atoms with van der Waals surface area (Å²) in [6.45, 7) is 4.46. The summed E-state index contributed by atoms with van der Waals surface area (Å²) in [6.07, 6.45) is 2.37. The van der Waals surface area contributed by atoms with Crippen LogP contribution in [0.2, 0.25) is 0 Å². The van der Waals surface area contributed by atoms with Crippen molar-refractivity contribution >= 4 is 34.1 Å². The number of nitrogens with one attached hydrogen (secondary N) is 2. The average Bonchev–Trinajstić information content (AvgIpc) is 3.43. The molecule has 5 atom stereocenters. The second-order valence-electron chi connectivity index (χ2n) is 7.80. The first-order valence-corrected chi connectivity index (χ1v) is 11.1. The lowest BCUT2D eigenvalue weighted by atomic mass is 10.0. The zero-order chi connectivity index (χ0) is 21.3. The van der Waals surface area contributed by atoms with Crippen LogP contribution in [0.5, 0.6) is 0 Å². The van der Waals surface area contributed by atoms with Crippen molar-refractivity contribution in [2.45, 2.75) is 51.0 Å². The molecule has 0 radical (unpaired) electrons. The maximum absolute atomic E-state index is 12.5. The smallest absolute Gasteiger partial charge is 0.225 e. The number of anilines is 1. The molecule has 9 heteroatoms. The Morgan fingerprint density at radius 3 is 2.93 bits per heavy atom. The Morgan fingerprint density at radius 1 is 1.37 bits per heavy atom. The fraction of sp³-hybridized carbons (Fsp3) is 0.476. The molecule has 3 aromatic rings. The first-order chi connectivity index (χ1) is 14.5. The number of aliphatic hydroxyl groups excluding tert-OH is 2. The van der Waals surface area contributed by atoms with E-state index in [1.807, 2.05) is 19.1 Å². The van der Waals surface area contributed by atoms with Crippen molar-refractivity contribution in [2.75, 3.05) is 11.9 Å². The van der Waals surface area contributed by atoms with Crippen molar-refractivity contribution < 1.29 is 15.0 Å². The Balaban J connectivity index is 1.62. The van der Waals surface area contributed by atoms with Crippen molar-refractivity contribution in [3.63, 3.8) is 0 Å². The number of fused-ring (bicyclic) bond motifs is 1. The number of rotatable bonds is 7. The van der Waals surface area contributed by atoms with Crippen molar-refractivity contribution in [3.8, 4) is 0 Å². The summed E-state index contributed by atoms with van der Waals surface area (Å²) >= 11 is 1.73. The van der Waals surface area contributed by atoms with Gasteiger partial charge in [-0.2, -0.15) is 0 Å². The van der Waals surface area contributed by atoms with E-state index < -0.39 is 24.2 Å². The van der Waals surface area contributed by atoms with Crippen LogP contribution in [0.25, 0.3) is 11.2 Å². The van der Waals surface area contributed by atoms with Crippen LogP contribution in [-0.4, -0.2) is 55.4 Å². The Labute approximate surface area is 179 Å². The molecule has 0 bridgehead atoms. The lowest BCUT2D eigenvalue weighted by Crippen LogP contribution is -2.36. The molecule has 0 saturated heterocycles. The molecule has 4 rings (SSSR count). The highest BCUT2D eigenvalue weighted by Crippen LogP contribution is 2.38. The number of hydrogen-bond donors (Lipinski definition) is 4. The Morgan fingerprint density at radius 2 is 2.20 bits per heavy atom. The summed E-state index contributed by atoms with van der Waals surface area (Å²) in [5, 5.41) is 29.2. The molecule has 1 aliphatic rings. The van der Waals surface area contributed by atoms with Crippen LogP contribution < -0.4 is 10.6 Å². The lowest BCUT2D eigenvalue weighted by Gasteiger charge is -2.23. The normalized spacial score (nSPS) is 24.8. The van der Waals surface area contributed by atoms with Crippen LogP contribution in [0.3, 0.4) is 0 Å². The molecular formula is C21H27N5O3S. The van der Waals surface area contributed by atoms with E-state index in [-0.39, 0.29) is 18.4 Å². The molecule has 160 valence electrons. The van der Waals surface area contributed by atoms with Gasteiger partial charge in [-0.05, 0) is 37.8 Å². The van der Waals surface area contributed by atoms with Gasteiger partial charge in [0.15, 0.2) is 5.65 Å². The Hall–Kier alpha value is -2.49. The summed E-state index contributed by atoms with van der Waals surface area (Å²) in [5.74, 6) is -0.734. The molecule has 30 heavy (non-hydrogen) atoms. The van der Waals surface area contributed by atoms with Gasteiger partial charge < -0.3 is 25.4 Å². The molecule has 0 aliphatic heterocycles. The summed E-state index contributed by atoms with van der Waals surface area (Å²) in [4.78, 5) is 22.8. The van der Waals surface area contributed by atoms with Gasteiger partial charge in [-0.15, -0.1) is 11.3 Å². The van der Waals surface area contributed by atoms with E-state index in [2.05, 4.69) is 39.0 Å². The van der Waals surface area contributed by atoms with Crippen molar-refractivity contribution in [1.82, 2.24) is 19.9 Å². The molecule has 1 aliphatic carbocycles. The minimum Gasteiger partial charge on any atom is -0.390 e. The predicted octanol–water partition coefficient (Wildman–Crippen LogP) is 1.95. The number of carbonyl (C=O) groups excluding carboxylic acids is 1. The zero-order valence-electron chi connectivity index (χ0n) is 17.0. The molecule has 3 heterocycles. The van der Waals surface area contributed by atoms with Gasteiger partial charge >= 0.3 is 0 Å². The van der Waals surface area contributed by atoms with Crippen molar-refractivity contribution in [1.29, 1.82) is 0 Å². The van der Waals surface area contributed by atoms with Gasteiger partial charge in [-0.3, -0.25) is 4.79 Å². The van der Waals surface area contributed by atoms with Gasteiger partial charge in [-0.1, -0.05) is 6.07 Å². The highest BCUT2D eigenvalue weighted by molar-refractivity contribution is 7.09. The molecule has 0 spiro atoms. The molecule has 4 N–H and O–H groups in total. The standard InChI is InChI=1S/C21H27N5O3S/c1-3-22-21(29)14-10-16(27)19(28)18(14)26-11-24-17-15(6-7-23-20(17)26)25-12(2)9-13-5-4-8-30-13/h4-8,11-12,14,16,18-19,27-28H,3,9-10H2,1-2H3,(H,22,29)(H,23,25)/t12-,14?,16+,18+,19+/m0/s1. The fourth-order valence-electron chi connectivity index (χ4n) is 4.25. The molecule has 1 amide bonds. The number of nitrogens with zero attached hydrogens (tertiary/aromatic N) is 3. The minimum absolute atomic E-state index is 0.182. The minimum atomic E-state index is -1.06. The van der Waals surface area contributed by atoms with E-state index in [1.54, 1.807) is 28.4 Å². The average molecular weight is 430 g/mol. The highest BCUT2D eigenvalue weighted by Gasteiger charge is 2.46. The predicted molar refractivity (Wildman–Crippen MR) is 116 cm³/mol. The van der Waals surface area contributed by atoms with Crippen LogP contribution in [0, 0.1) is 5.92 Å². The molecule has 8 nitrogen and oxygen atoms in total. The van der Waals surface area contributed by atoms with Crippen LogP contribution in [0.15, 0.2) is 36.1 Å². The SMILES string of the molecule is CCNC(=O)C1C[C@@H](O)[C@@H](O)[C@@H]1n1cnc2c(N[C@@H](C)Cc3cccs3)ccnc21. The third-order valence-corrected chi connectivity index (χ3v) is 6.51. The first-order valence-electron chi connectivity index (χ1n) is 10.2. The second kappa shape index (κ2) is 8.71. The number of hydrogen-bond acceptors (Lipinski definition) is 7. The van der Waals surface area contributed by atoms with Crippen molar-refractivity contribution in [3.05, 3.63) is 41.0 Å². The quantitative estimate of drug-likeness (QED) is 0.457. The Bertz CT molecular complexity index is 1010. The molecule has 1 unspecified atom stereocenters. The molecule has 1 saturated carbocycles. The summed E-state index contributed by atoms with van der Waals surface area (Å²) < 4.78 is 1.73. The summed E-state index contributed by atoms with van der Waals surface area (Å²) in [7, 11) is 0. The number of carbonyl (C=O) groups is 1. The maximum atomic E-state index is 12.5. The molecule has 3 aromatic heterocycles. The van der Waals surface area contributed by atoms with Crippen LogP contribution in [-0.2, 0) is 11.2 Å². The van der Waals surface area contributed by atoms with Crippen molar-refractivity contribution in [2.24, 2.45) is 5.92 Å². The largest absolute Gasteiger partial charge is 0.390 e. The van der Waals surface area contributed by atoms with Gasteiger partial charge in [0, 0.05) is 30.1 Å². The van der Waals surface area contributed by atoms with Gasteiger partial charge in [0.1, 0.15) is 11.6 Å². The number of aromatic nitrogens is 3. The van der Waals surface area contributed by atoms with E-state index in [9.17, 15) is 15.0 Å². The van der Waals surface area contributed by atoms with Crippen LogP contribution >= 0.6 is 11.3 Å². The lowest BCUT2D eigenvalue weighted by molar-refractivity contribution is -0.126. The number of pyridine rings is 1. The fourth-order valence-corrected chi connectivity index (χ4v) is 5.08. The first kappa shape index (κ1) is 20.8. The van der Waals surface area contributed by atoms with E-state index in [0.717, 1.165) is 12.1 Å². The summed E-state index contributed by atoms with van der Waals surface area (Å²) in [6, 6.07) is 5.62. The Kier molecular flexibility index (Phi) is 6.03. The van der Waals surface area contributed by atoms with Crippen LogP contribution in [0.4, 0.5) is 5.69 Å². The zero-order valence-corrected chi connectivity index (χ0v) is 17.8. The monoisotopic (exact) mass is 429 g/mol. The topological polar surface area (TPSA) is 112 Å².